The van der Waals surface area contributed by atoms with Crippen LogP contribution < -0.4 is 10.1 Å². The van der Waals surface area contributed by atoms with Crippen LogP contribution >= 0.6 is 11.6 Å². The Morgan fingerprint density at radius 3 is 2.68 bits per heavy atom. The predicted molar refractivity (Wildman–Crippen MR) is 93.0 cm³/mol. The van der Waals surface area contributed by atoms with E-state index in [-0.39, 0.29) is 29.6 Å². The number of furan rings is 1. The normalized spacial score (nSPS) is 11.5. The zero-order valence-corrected chi connectivity index (χ0v) is 15.4. The Hall–Kier alpha value is -2.03. The lowest BCUT2D eigenvalue weighted by Crippen LogP contribution is -2.40. The van der Waals surface area contributed by atoms with Crippen molar-refractivity contribution >= 4 is 27.5 Å². The van der Waals surface area contributed by atoms with Crippen molar-refractivity contribution in [3.8, 4) is 5.75 Å². The number of amides is 1. The minimum atomic E-state index is -3.86. The summed E-state index contributed by atoms with van der Waals surface area (Å²) < 4.78 is 36.6. The molecule has 0 aliphatic heterocycles. The van der Waals surface area contributed by atoms with Crippen molar-refractivity contribution in [1.82, 2.24) is 9.62 Å². The molecule has 0 fully saturated rings. The molecule has 1 aromatic heterocycles. The highest BCUT2D eigenvalue weighted by Crippen LogP contribution is 2.28. The first-order valence-corrected chi connectivity index (χ1v) is 9.33. The molecular weight excluding hydrogens is 368 g/mol. The molecule has 0 saturated heterocycles. The molecule has 0 aliphatic carbocycles. The number of hydrogen-bond acceptors (Lipinski definition) is 5. The zero-order valence-electron chi connectivity index (χ0n) is 13.9. The Bertz CT molecular complexity index is 821. The molecule has 1 heterocycles. The third-order valence-corrected chi connectivity index (χ3v) is 5.69. The van der Waals surface area contributed by atoms with E-state index >= 15 is 0 Å². The number of ether oxygens (including phenoxy) is 1. The van der Waals surface area contributed by atoms with Crippen molar-refractivity contribution in [2.24, 2.45) is 0 Å². The fourth-order valence-corrected chi connectivity index (χ4v) is 3.89. The molecule has 0 saturated carbocycles. The van der Waals surface area contributed by atoms with E-state index in [0.29, 0.717) is 11.5 Å². The maximum absolute atomic E-state index is 12.7. The number of likely N-dealkylation sites (N-methyl/N-ethyl adjacent to an activating group) is 1. The van der Waals surface area contributed by atoms with Crippen LogP contribution in [0.5, 0.6) is 5.75 Å². The Kier molecular flexibility index (Phi) is 6.46. The zero-order chi connectivity index (χ0) is 18.4. The van der Waals surface area contributed by atoms with Crippen molar-refractivity contribution in [2.75, 3.05) is 20.2 Å². The molecule has 2 aromatic rings. The Morgan fingerprint density at radius 2 is 2.12 bits per heavy atom. The quantitative estimate of drug-likeness (QED) is 0.751. The monoisotopic (exact) mass is 386 g/mol. The second-order valence-electron chi connectivity index (χ2n) is 5.08. The maximum atomic E-state index is 12.7. The largest absolute Gasteiger partial charge is 0.495 e. The maximum Gasteiger partial charge on any atom is 0.243 e. The Labute approximate surface area is 151 Å². The number of carbonyl (C=O) groups excluding carboxylic acids is 1. The van der Waals surface area contributed by atoms with Crippen LogP contribution in [0.15, 0.2) is 45.9 Å². The number of rotatable bonds is 8. The summed E-state index contributed by atoms with van der Waals surface area (Å²) in [6, 6.07) is 7.59. The minimum Gasteiger partial charge on any atom is -0.495 e. The summed E-state index contributed by atoms with van der Waals surface area (Å²) in [5, 5.41) is 2.80. The topological polar surface area (TPSA) is 88.9 Å². The number of nitrogens with zero attached hydrogens (tertiary/aromatic N) is 1. The smallest absolute Gasteiger partial charge is 0.243 e. The lowest BCUT2D eigenvalue weighted by molar-refractivity contribution is -0.121. The van der Waals surface area contributed by atoms with Crippen LogP contribution in [0.4, 0.5) is 0 Å². The molecule has 0 aliphatic rings. The first-order valence-electron chi connectivity index (χ1n) is 7.51. The van der Waals surface area contributed by atoms with Gasteiger partial charge in [0.05, 0.1) is 36.4 Å². The van der Waals surface area contributed by atoms with Gasteiger partial charge in [0.1, 0.15) is 11.5 Å². The SMILES string of the molecule is CCN(CC(=O)NCc1ccco1)S(=O)(=O)c1ccc(OC)c(Cl)c1. The van der Waals surface area contributed by atoms with Crippen molar-refractivity contribution in [3.05, 3.63) is 47.4 Å². The van der Waals surface area contributed by atoms with Gasteiger partial charge in [-0.2, -0.15) is 4.31 Å². The van der Waals surface area contributed by atoms with Gasteiger partial charge in [-0.25, -0.2) is 8.42 Å². The number of sulfonamides is 1. The molecule has 25 heavy (non-hydrogen) atoms. The van der Waals surface area contributed by atoms with Gasteiger partial charge in [0.2, 0.25) is 15.9 Å². The molecule has 0 unspecified atom stereocenters. The highest BCUT2D eigenvalue weighted by atomic mass is 35.5. The minimum absolute atomic E-state index is 0.000940. The summed E-state index contributed by atoms with van der Waals surface area (Å²) in [6.45, 7) is 1.68. The molecule has 1 amide bonds. The van der Waals surface area contributed by atoms with Crippen molar-refractivity contribution in [3.63, 3.8) is 0 Å². The fourth-order valence-electron chi connectivity index (χ4n) is 2.14. The summed E-state index contributed by atoms with van der Waals surface area (Å²) in [5.74, 6) is 0.530. The summed E-state index contributed by atoms with van der Waals surface area (Å²) in [7, 11) is -2.42. The molecular formula is C16H19ClN2O5S. The van der Waals surface area contributed by atoms with Crippen LogP contribution in [0, 0.1) is 0 Å². The van der Waals surface area contributed by atoms with E-state index in [0.717, 1.165) is 4.31 Å². The molecule has 0 spiro atoms. The number of nitrogens with one attached hydrogen (secondary N) is 1. The van der Waals surface area contributed by atoms with Gasteiger partial charge in [0.25, 0.3) is 0 Å². The summed E-state index contributed by atoms with van der Waals surface area (Å²) in [6.07, 6.45) is 1.50. The van der Waals surface area contributed by atoms with Gasteiger partial charge >= 0.3 is 0 Å². The number of carbonyl (C=O) groups is 1. The molecule has 0 radical (unpaired) electrons. The Balaban J connectivity index is 2.09. The number of hydrogen-bond donors (Lipinski definition) is 1. The van der Waals surface area contributed by atoms with Crippen LogP contribution in [0.3, 0.4) is 0 Å². The molecule has 7 nitrogen and oxygen atoms in total. The van der Waals surface area contributed by atoms with Gasteiger partial charge in [-0.3, -0.25) is 4.79 Å². The number of halogens is 1. The summed E-state index contributed by atoms with van der Waals surface area (Å²) in [4.78, 5) is 12.0. The lowest BCUT2D eigenvalue weighted by Gasteiger charge is -2.20. The molecule has 2 rings (SSSR count). The molecule has 0 atom stereocenters. The highest BCUT2D eigenvalue weighted by molar-refractivity contribution is 7.89. The van der Waals surface area contributed by atoms with Crippen LogP contribution in [0.1, 0.15) is 12.7 Å². The van der Waals surface area contributed by atoms with Crippen LogP contribution in [0.25, 0.3) is 0 Å². The highest BCUT2D eigenvalue weighted by Gasteiger charge is 2.26. The molecule has 1 N–H and O–H groups in total. The fraction of sp³-hybridized carbons (Fsp3) is 0.312. The lowest BCUT2D eigenvalue weighted by atomic mass is 10.3. The first kappa shape index (κ1) is 19.3. The third kappa shape index (κ3) is 4.75. The van der Waals surface area contributed by atoms with Crippen molar-refractivity contribution in [2.45, 2.75) is 18.4 Å². The number of benzene rings is 1. The van der Waals surface area contributed by atoms with Gasteiger partial charge in [-0.15, -0.1) is 0 Å². The first-order chi connectivity index (χ1) is 11.9. The van der Waals surface area contributed by atoms with Gasteiger partial charge in [0, 0.05) is 6.54 Å². The van der Waals surface area contributed by atoms with E-state index in [1.165, 1.54) is 31.6 Å². The Morgan fingerprint density at radius 1 is 1.36 bits per heavy atom. The van der Waals surface area contributed by atoms with E-state index in [1.807, 2.05) is 0 Å². The average molecular weight is 387 g/mol. The van der Waals surface area contributed by atoms with Crippen LogP contribution in [-0.4, -0.2) is 38.8 Å². The average Bonchev–Trinajstić information content (AvgIpc) is 3.11. The van der Waals surface area contributed by atoms with E-state index in [1.54, 1.807) is 19.1 Å². The van der Waals surface area contributed by atoms with Crippen LogP contribution in [0.2, 0.25) is 5.02 Å². The summed E-state index contributed by atoms with van der Waals surface area (Å²) in [5.41, 5.74) is 0. The van der Waals surface area contributed by atoms with E-state index < -0.39 is 15.9 Å². The molecule has 9 heteroatoms. The standard InChI is InChI=1S/C16H19ClN2O5S/c1-3-19(11-16(20)18-10-12-5-4-8-24-12)25(21,22)13-6-7-15(23-2)14(17)9-13/h4-9H,3,10-11H2,1-2H3,(H,18,20). The third-order valence-electron chi connectivity index (χ3n) is 3.47. The van der Waals surface area contributed by atoms with E-state index in [4.69, 9.17) is 20.8 Å². The van der Waals surface area contributed by atoms with Gasteiger partial charge in [-0.1, -0.05) is 18.5 Å². The number of methoxy groups -OCH3 is 1. The molecule has 0 bridgehead atoms. The summed E-state index contributed by atoms with van der Waals surface area (Å²) >= 11 is 6.00. The van der Waals surface area contributed by atoms with Crippen molar-refractivity contribution in [1.29, 1.82) is 0 Å². The second-order valence-corrected chi connectivity index (χ2v) is 7.43. The van der Waals surface area contributed by atoms with Crippen molar-refractivity contribution < 1.29 is 22.4 Å². The second kappa shape index (κ2) is 8.37. The van der Waals surface area contributed by atoms with E-state index in [2.05, 4.69) is 5.32 Å². The van der Waals surface area contributed by atoms with E-state index in [9.17, 15) is 13.2 Å². The van der Waals surface area contributed by atoms with Gasteiger partial charge in [0.15, 0.2) is 0 Å². The molecule has 136 valence electrons. The van der Waals surface area contributed by atoms with Crippen LogP contribution in [-0.2, 0) is 21.4 Å². The molecule has 1 aromatic carbocycles. The van der Waals surface area contributed by atoms with Gasteiger partial charge < -0.3 is 14.5 Å². The predicted octanol–water partition coefficient (Wildman–Crippen LogP) is 2.27. The van der Waals surface area contributed by atoms with Gasteiger partial charge in [-0.05, 0) is 30.3 Å².